The second kappa shape index (κ2) is 6.69. The largest absolute Gasteiger partial charge is 0.444 e. The van der Waals surface area contributed by atoms with E-state index in [0.717, 1.165) is 12.8 Å². The Hall–Kier alpha value is -1.55. The molecule has 22 heavy (non-hydrogen) atoms. The normalized spacial score (nSPS) is 25.0. The van der Waals surface area contributed by atoms with Crippen molar-refractivity contribution >= 4 is 6.09 Å². The van der Waals surface area contributed by atoms with E-state index in [-0.39, 0.29) is 24.7 Å². The lowest BCUT2D eigenvalue weighted by atomic mass is 9.89. The highest BCUT2D eigenvalue weighted by atomic mass is 16.6. The van der Waals surface area contributed by atoms with Crippen molar-refractivity contribution in [1.82, 2.24) is 4.90 Å². The van der Waals surface area contributed by atoms with Gasteiger partial charge in [-0.3, -0.25) is 0 Å². The van der Waals surface area contributed by atoms with Crippen molar-refractivity contribution in [2.24, 2.45) is 5.92 Å². The number of ether oxygens (including phenoxy) is 1. The van der Waals surface area contributed by atoms with Crippen molar-refractivity contribution in [3.05, 3.63) is 35.9 Å². The zero-order valence-corrected chi connectivity index (χ0v) is 14.0. The second-order valence-corrected chi connectivity index (χ2v) is 7.18. The summed E-state index contributed by atoms with van der Waals surface area (Å²) in [6.45, 7) is 5.77. The zero-order valence-electron chi connectivity index (χ0n) is 14.0. The standard InChI is InChI=1S/C18H27NO3/c1-18(2,3)22-17(21)19(4)15-10-14(12-20)16(11-15)13-8-6-5-7-9-13/h5-9,14-16,20H,10-12H2,1-4H3/t14-,15+,16-/m0/s1. The third-order valence-electron chi connectivity index (χ3n) is 4.36. The molecule has 1 saturated carbocycles. The number of hydrogen-bond acceptors (Lipinski definition) is 3. The van der Waals surface area contributed by atoms with Crippen LogP contribution in [0.25, 0.3) is 0 Å². The molecule has 122 valence electrons. The zero-order chi connectivity index (χ0) is 16.3. The predicted octanol–water partition coefficient (Wildman–Crippen LogP) is 3.41. The number of benzene rings is 1. The predicted molar refractivity (Wildman–Crippen MR) is 86.8 cm³/mol. The van der Waals surface area contributed by atoms with Crippen LogP contribution < -0.4 is 0 Å². The van der Waals surface area contributed by atoms with Gasteiger partial charge in [0.2, 0.25) is 0 Å². The van der Waals surface area contributed by atoms with Crippen molar-refractivity contribution in [2.45, 2.75) is 51.2 Å². The fourth-order valence-electron chi connectivity index (χ4n) is 3.21. The van der Waals surface area contributed by atoms with Gasteiger partial charge >= 0.3 is 6.09 Å². The quantitative estimate of drug-likeness (QED) is 0.931. The van der Waals surface area contributed by atoms with Crippen molar-refractivity contribution < 1.29 is 14.6 Å². The van der Waals surface area contributed by atoms with Gasteiger partial charge in [-0.25, -0.2) is 4.79 Å². The average molecular weight is 305 g/mol. The molecule has 1 N–H and O–H groups in total. The van der Waals surface area contributed by atoms with E-state index in [1.165, 1.54) is 5.56 Å². The van der Waals surface area contributed by atoms with Crippen molar-refractivity contribution in [3.8, 4) is 0 Å². The molecule has 0 heterocycles. The summed E-state index contributed by atoms with van der Waals surface area (Å²) in [6, 6.07) is 10.4. The lowest BCUT2D eigenvalue weighted by Gasteiger charge is -2.28. The molecule has 0 saturated heterocycles. The summed E-state index contributed by atoms with van der Waals surface area (Å²) in [4.78, 5) is 13.9. The number of carbonyl (C=O) groups excluding carboxylic acids is 1. The number of nitrogens with zero attached hydrogens (tertiary/aromatic N) is 1. The van der Waals surface area contributed by atoms with Crippen LogP contribution in [0.2, 0.25) is 0 Å². The van der Waals surface area contributed by atoms with Gasteiger partial charge in [0.25, 0.3) is 0 Å². The fraction of sp³-hybridized carbons (Fsp3) is 0.611. The first-order chi connectivity index (χ1) is 10.3. The average Bonchev–Trinajstić information content (AvgIpc) is 2.89. The number of aliphatic hydroxyl groups is 1. The molecule has 1 aromatic rings. The Kier molecular flexibility index (Phi) is 5.12. The van der Waals surface area contributed by atoms with Gasteiger partial charge in [-0.05, 0) is 51.0 Å². The molecule has 0 unspecified atom stereocenters. The van der Waals surface area contributed by atoms with E-state index in [9.17, 15) is 9.90 Å². The molecule has 1 aliphatic rings. The van der Waals surface area contributed by atoms with Crippen LogP contribution in [0.3, 0.4) is 0 Å². The highest BCUT2D eigenvalue weighted by Gasteiger charge is 2.38. The molecule has 4 nitrogen and oxygen atoms in total. The summed E-state index contributed by atoms with van der Waals surface area (Å²) >= 11 is 0. The number of carbonyl (C=O) groups is 1. The van der Waals surface area contributed by atoms with E-state index in [4.69, 9.17) is 4.74 Å². The molecular formula is C18H27NO3. The van der Waals surface area contributed by atoms with Gasteiger partial charge in [0.15, 0.2) is 0 Å². The van der Waals surface area contributed by atoms with Crippen LogP contribution in [-0.2, 0) is 4.74 Å². The topological polar surface area (TPSA) is 49.8 Å². The maximum atomic E-state index is 12.2. The highest BCUT2D eigenvalue weighted by Crippen LogP contribution is 2.41. The minimum atomic E-state index is -0.487. The molecular weight excluding hydrogens is 278 g/mol. The van der Waals surface area contributed by atoms with Crippen LogP contribution in [0, 0.1) is 5.92 Å². The lowest BCUT2D eigenvalue weighted by molar-refractivity contribution is 0.0221. The van der Waals surface area contributed by atoms with Crippen LogP contribution in [0.15, 0.2) is 30.3 Å². The second-order valence-electron chi connectivity index (χ2n) is 7.18. The molecule has 1 fully saturated rings. The van der Waals surface area contributed by atoms with Gasteiger partial charge < -0.3 is 14.7 Å². The van der Waals surface area contributed by atoms with E-state index in [1.807, 2.05) is 39.0 Å². The summed E-state index contributed by atoms with van der Waals surface area (Å²) in [7, 11) is 1.79. The molecule has 1 aliphatic carbocycles. The van der Waals surface area contributed by atoms with Gasteiger partial charge in [-0.1, -0.05) is 30.3 Å². The summed E-state index contributed by atoms with van der Waals surface area (Å²) in [5, 5.41) is 9.69. The summed E-state index contributed by atoms with van der Waals surface area (Å²) in [5.41, 5.74) is 0.751. The first-order valence-electron chi connectivity index (χ1n) is 7.93. The van der Waals surface area contributed by atoms with Crippen LogP contribution in [0.1, 0.15) is 45.1 Å². The molecule has 4 heteroatoms. The minimum absolute atomic E-state index is 0.109. The van der Waals surface area contributed by atoms with E-state index >= 15 is 0 Å². The Morgan fingerprint density at radius 3 is 2.45 bits per heavy atom. The molecule has 3 atom stereocenters. The van der Waals surface area contributed by atoms with Gasteiger partial charge in [0.1, 0.15) is 5.60 Å². The van der Waals surface area contributed by atoms with Crippen LogP contribution in [0.5, 0.6) is 0 Å². The van der Waals surface area contributed by atoms with Crippen molar-refractivity contribution in [2.75, 3.05) is 13.7 Å². The van der Waals surface area contributed by atoms with Crippen molar-refractivity contribution in [3.63, 3.8) is 0 Å². The Labute approximate surface area is 133 Å². The molecule has 0 radical (unpaired) electrons. The monoisotopic (exact) mass is 305 g/mol. The Morgan fingerprint density at radius 1 is 1.27 bits per heavy atom. The summed E-state index contributed by atoms with van der Waals surface area (Å²) in [6.07, 6.45) is 1.39. The molecule has 0 aromatic heterocycles. The number of amides is 1. The van der Waals surface area contributed by atoms with E-state index < -0.39 is 5.60 Å². The third-order valence-corrected chi connectivity index (χ3v) is 4.36. The fourth-order valence-corrected chi connectivity index (χ4v) is 3.21. The Bertz CT molecular complexity index is 495. The molecule has 1 amide bonds. The number of rotatable bonds is 3. The van der Waals surface area contributed by atoms with E-state index in [1.54, 1.807) is 11.9 Å². The first kappa shape index (κ1) is 16.8. The van der Waals surface area contributed by atoms with Gasteiger partial charge in [0, 0.05) is 19.7 Å². The van der Waals surface area contributed by atoms with Crippen LogP contribution in [0.4, 0.5) is 4.79 Å². The molecule has 0 spiro atoms. The summed E-state index contributed by atoms with van der Waals surface area (Å²) < 4.78 is 5.45. The number of hydrogen-bond donors (Lipinski definition) is 1. The van der Waals surface area contributed by atoms with Crippen molar-refractivity contribution in [1.29, 1.82) is 0 Å². The van der Waals surface area contributed by atoms with Gasteiger partial charge in [0.05, 0.1) is 0 Å². The summed E-state index contributed by atoms with van der Waals surface area (Å²) in [5.74, 6) is 0.485. The van der Waals surface area contributed by atoms with E-state index in [0.29, 0.717) is 5.92 Å². The SMILES string of the molecule is CN(C(=O)OC(C)(C)C)[C@@H]1C[C@@H](CO)[C@H](c2ccccc2)C1. The molecule has 2 rings (SSSR count). The van der Waals surface area contributed by atoms with Crippen LogP contribution in [-0.4, -0.2) is 41.4 Å². The lowest BCUT2D eigenvalue weighted by Crippen LogP contribution is -2.39. The van der Waals surface area contributed by atoms with Crippen LogP contribution >= 0.6 is 0 Å². The maximum absolute atomic E-state index is 12.2. The molecule has 1 aromatic carbocycles. The van der Waals surface area contributed by atoms with E-state index in [2.05, 4.69) is 12.1 Å². The molecule has 0 aliphatic heterocycles. The van der Waals surface area contributed by atoms with Gasteiger partial charge in [-0.15, -0.1) is 0 Å². The maximum Gasteiger partial charge on any atom is 0.410 e. The minimum Gasteiger partial charge on any atom is -0.444 e. The Morgan fingerprint density at radius 2 is 1.91 bits per heavy atom. The van der Waals surface area contributed by atoms with Gasteiger partial charge in [-0.2, -0.15) is 0 Å². The first-order valence-corrected chi connectivity index (χ1v) is 7.93. The highest BCUT2D eigenvalue weighted by molar-refractivity contribution is 5.68. The smallest absolute Gasteiger partial charge is 0.410 e. The molecule has 0 bridgehead atoms. The number of aliphatic hydroxyl groups excluding tert-OH is 1. The third kappa shape index (κ3) is 4.01. The Balaban J connectivity index is 2.07.